The predicted octanol–water partition coefficient (Wildman–Crippen LogP) is 5.08. The summed E-state index contributed by atoms with van der Waals surface area (Å²) in [7, 11) is 0. The van der Waals surface area contributed by atoms with Crippen molar-refractivity contribution in [3.63, 3.8) is 0 Å². The van der Waals surface area contributed by atoms with E-state index in [2.05, 4.69) is 10.1 Å². The van der Waals surface area contributed by atoms with Crippen LogP contribution in [-0.2, 0) is 14.3 Å². The van der Waals surface area contributed by atoms with E-state index in [1.807, 2.05) is 13.8 Å². The first-order valence-electron chi connectivity index (χ1n) is 13.6. The lowest BCUT2D eigenvalue weighted by Crippen LogP contribution is -2.48. The molecule has 3 unspecified atom stereocenters. The third-order valence-corrected chi connectivity index (χ3v) is 9.98. The maximum absolute atomic E-state index is 13.6. The zero-order valence-electron chi connectivity index (χ0n) is 23.3. The van der Waals surface area contributed by atoms with Crippen LogP contribution in [-0.4, -0.2) is 53.2 Å². The molecule has 0 amide bonds. The van der Waals surface area contributed by atoms with Crippen molar-refractivity contribution in [3.05, 3.63) is 27.0 Å². The maximum atomic E-state index is 13.6. The van der Waals surface area contributed by atoms with Crippen molar-refractivity contribution in [2.45, 2.75) is 114 Å². The lowest BCUT2D eigenvalue weighted by Gasteiger charge is -2.45. The number of nitrogens with one attached hydrogen (secondary N) is 2. The molecule has 0 spiro atoms. The van der Waals surface area contributed by atoms with Crippen LogP contribution in [0.25, 0.3) is 0 Å². The Kier molecular flexibility index (Phi) is 10.5. The van der Waals surface area contributed by atoms with Crippen molar-refractivity contribution >= 4 is 51.8 Å². The number of aromatic amines is 1. The van der Waals surface area contributed by atoms with Crippen molar-refractivity contribution in [2.24, 2.45) is 17.3 Å². The Balaban J connectivity index is 1.78. The van der Waals surface area contributed by atoms with Crippen LogP contribution in [0.5, 0.6) is 0 Å². The molecular formula is C27H40Cl2N4O5S. The van der Waals surface area contributed by atoms with Gasteiger partial charge < -0.3 is 4.74 Å². The fourth-order valence-corrected chi connectivity index (χ4v) is 8.41. The van der Waals surface area contributed by atoms with E-state index in [1.54, 1.807) is 20.8 Å². The minimum atomic E-state index is -0.809. The largest absolute Gasteiger partial charge is 0.460 e. The normalized spacial score (nSPS) is 25.6. The fraction of sp³-hybridized carbons (Fsp3) is 0.778. The summed E-state index contributed by atoms with van der Waals surface area (Å²) in [6.07, 6.45) is 6.38. The molecule has 2 N–H and O–H groups in total. The van der Waals surface area contributed by atoms with Crippen molar-refractivity contribution < 1.29 is 14.3 Å². The second kappa shape index (κ2) is 12.9. The van der Waals surface area contributed by atoms with Gasteiger partial charge in [0.25, 0.3) is 5.56 Å². The van der Waals surface area contributed by atoms with Gasteiger partial charge in [-0.15, -0.1) is 23.2 Å². The van der Waals surface area contributed by atoms with Gasteiger partial charge in [-0.05, 0) is 46.5 Å². The number of rotatable bonds is 8. The van der Waals surface area contributed by atoms with E-state index < -0.39 is 50.3 Å². The second-order valence-corrected chi connectivity index (χ2v) is 14.6. The first kappa shape index (κ1) is 31.9. The number of carbonyl (C=O) groups excluding carboxylic acids is 2. The number of halogens is 2. The van der Waals surface area contributed by atoms with Gasteiger partial charge in [0.15, 0.2) is 0 Å². The number of esters is 1. The van der Waals surface area contributed by atoms with Crippen LogP contribution in [0.4, 0.5) is 0 Å². The first-order valence-corrected chi connectivity index (χ1v) is 15.3. The Labute approximate surface area is 243 Å². The standard InChI is InChI=1S/C27H40Cl2N4O5S/c1-26(2,3)38-21(35)13-19(23(36)15-9-7-6-8-10-15)39-24(30)27(4,5)22-17(28)11-16(12-18(22)29)33-25(37)32-20(34)14-31-33/h14-19,22,30H,6-13H2,1-5H3,(H,32,34,37). The van der Waals surface area contributed by atoms with E-state index in [4.69, 9.17) is 33.3 Å². The highest BCUT2D eigenvalue weighted by atomic mass is 35.5. The van der Waals surface area contributed by atoms with Crippen molar-refractivity contribution in [3.8, 4) is 0 Å². The summed E-state index contributed by atoms with van der Waals surface area (Å²) in [4.78, 5) is 52.3. The van der Waals surface area contributed by atoms with E-state index in [0.29, 0.717) is 12.8 Å². The number of aromatic nitrogens is 3. The second-order valence-electron chi connectivity index (χ2n) is 12.3. The predicted molar refractivity (Wildman–Crippen MR) is 155 cm³/mol. The van der Waals surface area contributed by atoms with Crippen LogP contribution in [0.15, 0.2) is 15.8 Å². The molecule has 0 aromatic carbocycles. The Morgan fingerprint density at radius 3 is 2.26 bits per heavy atom. The Bertz CT molecular complexity index is 1160. The summed E-state index contributed by atoms with van der Waals surface area (Å²) in [5.74, 6) is -0.917. The molecule has 39 heavy (non-hydrogen) atoms. The van der Waals surface area contributed by atoms with E-state index in [9.17, 15) is 19.2 Å². The van der Waals surface area contributed by atoms with E-state index in [0.717, 1.165) is 50.1 Å². The van der Waals surface area contributed by atoms with Crippen LogP contribution in [0, 0.1) is 22.7 Å². The van der Waals surface area contributed by atoms with Crippen LogP contribution in [0.3, 0.4) is 0 Å². The molecule has 2 saturated carbocycles. The zero-order chi connectivity index (χ0) is 29.1. The number of ether oxygens (including phenoxy) is 1. The molecule has 2 fully saturated rings. The maximum Gasteiger partial charge on any atom is 0.345 e. The molecular weight excluding hydrogens is 563 g/mol. The monoisotopic (exact) mass is 602 g/mol. The van der Waals surface area contributed by atoms with Crippen LogP contribution >= 0.6 is 35.0 Å². The molecule has 0 bridgehead atoms. The lowest BCUT2D eigenvalue weighted by molar-refractivity contribution is -0.155. The van der Waals surface area contributed by atoms with E-state index in [1.165, 1.54) is 4.68 Å². The summed E-state index contributed by atoms with van der Waals surface area (Å²) >= 11 is 14.8. The minimum absolute atomic E-state index is 0.00295. The van der Waals surface area contributed by atoms with Gasteiger partial charge >= 0.3 is 11.7 Å². The number of alkyl halides is 2. The molecule has 3 atom stereocenters. The fourth-order valence-electron chi connectivity index (χ4n) is 5.69. The van der Waals surface area contributed by atoms with Crippen LogP contribution < -0.4 is 11.2 Å². The summed E-state index contributed by atoms with van der Waals surface area (Å²) in [6, 6.07) is -0.402. The molecule has 0 saturated heterocycles. The van der Waals surface area contributed by atoms with Crippen LogP contribution in [0.1, 0.15) is 92.0 Å². The SMILES string of the molecule is CC(C)(C)OC(=O)CC(SC(=N)C(C)(C)C1C(Cl)CC(n2ncc(=O)[nH]c2=O)CC1Cl)C(=O)C1CCCCC1. The summed E-state index contributed by atoms with van der Waals surface area (Å²) < 4.78 is 6.72. The highest BCUT2D eigenvalue weighted by Gasteiger charge is 2.48. The number of nitrogens with zero attached hydrogens (tertiary/aromatic N) is 2. The number of Topliss-reactive ketones (excluding diaryl/α,β-unsaturated/α-hetero) is 1. The third-order valence-electron chi connectivity index (χ3n) is 7.63. The summed E-state index contributed by atoms with van der Waals surface area (Å²) in [6.45, 7) is 9.14. The average Bonchev–Trinajstić information content (AvgIpc) is 2.81. The van der Waals surface area contributed by atoms with Gasteiger partial charge in [0.05, 0.1) is 22.8 Å². The molecule has 12 heteroatoms. The quantitative estimate of drug-likeness (QED) is 0.183. The molecule has 2 aliphatic rings. The third kappa shape index (κ3) is 8.19. The topological polar surface area (TPSA) is 135 Å². The lowest BCUT2D eigenvalue weighted by atomic mass is 9.70. The van der Waals surface area contributed by atoms with Crippen LogP contribution in [0.2, 0.25) is 0 Å². The number of hydrogen-bond donors (Lipinski definition) is 2. The Hall–Kier alpha value is -1.65. The molecule has 1 aromatic rings. The molecule has 3 rings (SSSR count). The number of thioether (sulfide) groups is 1. The first-order chi connectivity index (χ1) is 18.1. The molecule has 0 radical (unpaired) electrons. The van der Waals surface area contributed by atoms with Crippen molar-refractivity contribution in [1.82, 2.24) is 14.8 Å². The van der Waals surface area contributed by atoms with Gasteiger partial charge in [0.1, 0.15) is 17.6 Å². The highest BCUT2D eigenvalue weighted by Crippen LogP contribution is 2.49. The Morgan fingerprint density at radius 2 is 1.72 bits per heavy atom. The number of hydrogen-bond acceptors (Lipinski definition) is 8. The highest BCUT2D eigenvalue weighted by molar-refractivity contribution is 8.15. The summed E-state index contributed by atoms with van der Waals surface area (Å²) in [5, 5.41) is 11.6. The van der Waals surface area contributed by atoms with Gasteiger partial charge in [-0.2, -0.15) is 5.10 Å². The van der Waals surface area contributed by atoms with Crippen molar-refractivity contribution in [1.29, 1.82) is 5.41 Å². The average molecular weight is 604 g/mol. The molecule has 1 aromatic heterocycles. The molecule has 9 nitrogen and oxygen atoms in total. The molecule has 0 aliphatic heterocycles. The number of ketones is 1. The van der Waals surface area contributed by atoms with Crippen molar-refractivity contribution in [2.75, 3.05) is 0 Å². The van der Waals surface area contributed by atoms with Gasteiger partial charge in [-0.3, -0.25) is 24.8 Å². The van der Waals surface area contributed by atoms with Gasteiger partial charge in [-0.25, -0.2) is 9.48 Å². The van der Waals surface area contributed by atoms with E-state index >= 15 is 0 Å². The van der Waals surface area contributed by atoms with Gasteiger partial charge in [0.2, 0.25) is 0 Å². The minimum Gasteiger partial charge on any atom is -0.460 e. The number of carbonyl (C=O) groups is 2. The Morgan fingerprint density at radius 1 is 1.13 bits per heavy atom. The smallest absolute Gasteiger partial charge is 0.345 e. The number of H-pyrrole nitrogens is 1. The molecule has 218 valence electrons. The van der Waals surface area contributed by atoms with Gasteiger partial charge in [-0.1, -0.05) is 44.9 Å². The van der Waals surface area contributed by atoms with Gasteiger partial charge in [0, 0.05) is 28.0 Å². The zero-order valence-corrected chi connectivity index (χ0v) is 25.6. The molecule has 2 aliphatic carbocycles. The molecule has 1 heterocycles. The summed E-state index contributed by atoms with van der Waals surface area (Å²) in [5.41, 5.74) is -2.68. The van der Waals surface area contributed by atoms with E-state index in [-0.39, 0.29) is 29.1 Å².